The molecule has 1 fully saturated rings. The summed E-state index contributed by atoms with van der Waals surface area (Å²) < 4.78 is 23.1. The molecule has 5 heteroatoms. The van der Waals surface area contributed by atoms with E-state index in [1.165, 1.54) is 0 Å². The Morgan fingerprint density at radius 2 is 2.05 bits per heavy atom. The molecule has 1 aromatic carbocycles. The number of aliphatic hydroxyl groups is 1. The summed E-state index contributed by atoms with van der Waals surface area (Å²) in [7, 11) is -1.23. The fraction of sp³-hybridized carbons (Fsp3) is 0.571. The molecule has 106 valence electrons. The molecule has 0 aromatic heterocycles. The van der Waals surface area contributed by atoms with Crippen molar-refractivity contribution in [1.29, 1.82) is 0 Å². The normalized spacial score (nSPS) is 25.2. The van der Waals surface area contributed by atoms with E-state index in [9.17, 15) is 9.32 Å². The molecule has 1 saturated heterocycles. The summed E-state index contributed by atoms with van der Waals surface area (Å²) in [5.41, 5.74) is 1.12. The Kier molecular flexibility index (Phi) is 4.40. The lowest BCUT2D eigenvalue weighted by Crippen LogP contribution is -2.34. The highest BCUT2D eigenvalue weighted by atomic mass is 32.2. The van der Waals surface area contributed by atoms with Crippen molar-refractivity contribution in [2.45, 2.75) is 43.7 Å². The van der Waals surface area contributed by atoms with Gasteiger partial charge in [-0.25, -0.2) is 0 Å². The second kappa shape index (κ2) is 5.71. The number of benzene rings is 1. The van der Waals surface area contributed by atoms with Crippen LogP contribution in [-0.4, -0.2) is 39.7 Å². The Bertz CT molecular complexity index is 455. The molecule has 1 aromatic rings. The molecule has 1 unspecified atom stereocenters. The minimum atomic E-state index is -1.23. The molecule has 19 heavy (non-hydrogen) atoms. The first-order valence-electron chi connectivity index (χ1n) is 6.32. The molecular formula is C14H20O4S. The molecule has 0 aliphatic carbocycles. The Hall–Kier alpha value is -0.750. The van der Waals surface area contributed by atoms with E-state index < -0.39 is 28.8 Å². The maximum absolute atomic E-state index is 12.1. The van der Waals surface area contributed by atoms with Crippen molar-refractivity contribution in [2.24, 2.45) is 0 Å². The van der Waals surface area contributed by atoms with Crippen LogP contribution in [0.25, 0.3) is 0 Å². The van der Waals surface area contributed by atoms with Crippen LogP contribution in [0, 0.1) is 6.92 Å². The Labute approximate surface area is 116 Å². The van der Waals surface area contributed by atoms with E-state index >= 15 is 0 Å². The van der Waals surface area contributed by atoms with Crippen LogP contribution in [0.1, 0.15) is 19.4 Å². The topological polar surface area (TPSA) is 55.8 Å². The first-order chi connectivity index (χ1) is 8.87. The average Bonchev–Trinajstić information content (AvgIpc) is 2.70. The van der Waals surface area contributed by atoms with Crippen molar-refractivity contribution in [3.05, 3.63) is 29.8 Å². The SMILES string of the molecule is Cc1ccc(S(=O)C[C@H](O)[C@H]2COC(C)(C)O2)cc1. The summed E-state index contributed by atoms with van der Waals surface area (Å²) in [6.45, 7) is 5.92. The van der Waals surface area contributed by atoms with Crippen LogP contribution in [0.5, 0.6) is 0 Å². The second-order valence-corrected chi connectivity index (χ2v) is 6.76. The summed E-state index contributed by atoms with van der Waals surface area (Å²) in [6, 6.07) is 7.48. The fourth-order valence-corrected chi connectivity index (χ4v) is 3.11. The Morgan fingerprint density at radius 3 is 2.58 bits per heavy atom. The number of ether oxygens (including phenoxy) is 2. The molecule has 0 bridgehead atoms. The molecule has 0 saturated carbocycles. The molecular weight excluding hydrogens is 264 g/mol. The summed E-state index contributed by atoms with van der Waals surface area (Å²) >= 11 is 0. The van der Waals surface area contributed by atoms with Crippen LogP contribution in [0.15, 0.2) is 29.2 Å². The first kappa shape index (κ1) is 14.7. The van der Waals surface area contributed by atoms with E-state index in [-0.39, 0.29) is 5.75 Å². The summed E-state index contributed by atoms with van der Waals surface area (Å²) in [5.74, 6) is -0.510. The molecule has 1 N–H and O–H groups in total. The molecule has 0 radical (unpaired) electrons. The van der Waals surface area contributed by atoms with Crippen molar-refractivity contribution in [3.8, 4) is 0 Å². The second-order valence-electron chi connectivity index (χ2n) is 5.26. The van der Waals surface area contributed by atoms with Gasteiger partial charge in [-0.05, 0) is 32.9 Å². The van der Waals surface area contributed by atoms with Gasteiger partial charge < -0.3 is 14.6 Å². The van der Waals surface area contributed by atoms with Gasteiger partial charge in [-0.1, -0.05) is 17.7 Å². The molecule has 0 amide bonds. The van der Waals surface area contributed by atoms with Gasteiger partial charge >= 0.3 is 0 Å². The van der Waals surface area contributed by atoms with E-state index in [0.29, 0.717) is 6.61 Å². The highest BCUT2D eigenvalue weighted by Crippen LogP contribution is 2.25. The van der Waals surface area contributed by atoms with Crippen molar-refractivity contribution < 1.29 is 18.8 Å². The summed E-state index contributed by atoms with van der Waals surface area (Å²) in [4.78, 5) is 0.725. The first-order valence-corrected chi connectivity index (χ1v) is 7.64. The average molecular weight is 284 g/mol. The van der Waals surface area contributed by atoms with Crippen molar-refractivity contribution in [3.63, 3.8) is 0 Å². The van der Waals surface area contributed by atoms with Crippen molar-refractivity contribution in [2.75, 3.05) is 12.4 Å². The van der Waals surface area contributed by atoms with E-state index in [0.717, 1.165) is 10.5 Å². The molecule has 4 nitrogen and oxygen atoms in total. The van der Waals surface area contributed by atoms with Gasteiger partial charge in [0.05, 0.1) is 29.3 Å². The van der Waals surface area contributed by atoms with E-state index in [1.54, 1.807) is 13.8 Å². The van der Waals surface area contributed by atoms with Crippen molar-refractivity contribution in [1.82, 2.24) is 0 Å². The van der Waals surface area contributed by atoms with Gasteiger partial charge in [0.15, 0.2) is 5.79 Å². The van der Waals surface area contributed by atoms with Crippen LogP contribution in [0.4, 0.5) is 0 Å². The third kappa shape index (κ3) is 3.86. The molecule has 1 aliphatic heterocycles. The molecule has 1 heterocycles. The lowest BCUT2D eigenvalue weighted by Gasteiger charge is -2.20. The van der Waals surface area contributed by atoms with Gasteiger partial charge in [-0.2, -0.15) is 0 Å². The quantitative estimate of drug-likeness (QED) is 0.913. The van der Waals surface area contributed by atoms with Gasteiger partial charge in [0.1, 0.15) is 6.10 Å². The largest absolute Gasteiger partial charge is 0.389 e. The number of hydrogen-bond donors (Lipinski definition) is 1. The Balaban J connectivity index is 1.94. The van der Waals surface area contributed by atoms with Gasteiger partial charge in [0.2, 0.25) is 0 Å². The zero-order chi connectivity index (χ0) is 14.0. The maximum Gasteiger partial charge on any atom is 0.163 e. The molecule has 1 aliphatic rings. The summed E-state index contributed by atoms with van der Waals surface area (Å²) in [5, 5.41) is 10.1. The minimum Gasteiger partial charge on any atom is -0.389 e. The summed E-state index contributed by atoms with van der Waals surface area (Å²) in [6.07, 6.45) is -1.20. The monoisotopic (exact) mass is 284 g/mol. The van der Waals surface area contributed by atoms with Crippen LogP contribution in [0.3, 0.4) is 0 Å². The number of aliphatic hydroxyl groups excluding tert-OH is 1. The zero-order valence-corrected chi connectivity index (χ0v) is 12.3. The number of hydrogen-bond acceptors (Lipinski definition) is 4. The predicted octanol–water partition coefficient (Wildman–Crippen LogP) is 1.62. The van der Waals surface area contributed by atoms with Crippen LogP contribution in [-0.2, 0) is 20.3 Å². The smallest absolute Gasteiger partial charge is 0.163 e. The van der Waals surface area contributed by atoms with Gasteiger partial charge in [0.25, 0.3) is 0 Å². The fourth-order valence-electron chi connectivity index (χ4n) is 1.95. The predicted molar refractivity (Wildman–Crippen MR) is 73.4 cm³/mol. The standard InChI is InChI=1S/C14H20O4S/c1-10-4-6-11(7-5-10)19(16)9-12(15)13-8-17-14(2,3)18-13/h4-7,12-13,15H,8-9H2,1-3H3/t12-,13+,19?/m0/s1. The van der Waals surface area contributed by atoms with Gasteiger partial charge in [-0.3, -0.25) is 4.21 Å². The van der Waals surface area contributed by atoms with Crippen LogP contribution >= 0.6 is 0 Å². The third-order valence-corrected chi connectivity index (χ3v) is 4.51. The van der Waals surface area contributed by atoms with Crippen LogP contribution in [0.2, 0.25) is 0 Å². The zero-order valence-electron chi connectivity index (χ0n) is 11.5. The highest BCUT2D eigenvalue weighted by Gasteiger charge is 2.37. The van der Waals surface area contributed by atoms with Crippen molar-refractivity contribution >= 4 is 10.8 Å². The maximum atomic E-state index is 12.1. The lowest BCUT2D eigenvalue weighted by atomic mass is 10.2. The van der Waals surface area contributed by atoms with E-state index in [4.69, 9.17) is 9.47 Å². The van der Waals surface area contributed by atoms with Gasteiger partial charge in [0, 0.05) is 4.90 Å². The molecule has 3 atom stereocenters. The number of rotatable bonds is 4. The lowest BCUT2D eigenvalue weighted by molar-refractivity contribution is -0.149. The van der Waals surface area contributed by atoms with E-state index in [1.807, 2.05) is 31.2 Å². The minimum absolute atomic E-state index is 0.160. The van der Waals surface area contributed by atoms with E-state index in [2.05, 4.69) is 0 Å². The van der Waals surface area contributed by atoms with Gasteiger partial charge in [-0.15, -0.1) is 0 Å². The van der Waals surface area contributed by atoms with Crippen LogP contribution < -0.4 is 0 Å². The molecule has 2 rings (SSSR count). The highest BCUT2D eigenvalue weighted by molar-refractivity contribution is 7.85. The molecule has 0 spiro atoms. The Morgan fingerprint density at radius 1 is 1.42 bits per heavy atom. The third-order valence-electron chi connectivity index (χ3n) is 3.07. The number of aryl methyl sites for hydroxylation is 1.